The molecule has 1 heterocycles. The van der Waals surface area contributed by atoms with Crippen LogP contribution in [0.3, 0.4) is 0 Å². The standard InChI is InChI=1S/C18H25N3O2/c1-11(2)12(3)20-18(23)17(21-13(4)22)9-14-10-19-16-8-6-5-7-15(14)16/h5-8,10-12,17,19H,9H2,1-4H3,(H,20,23)(H,21,22). The molecule has 23 heavy (non-hydrogen) atoms. The molecule has 0 aliphatic carbocycles. The van der Waals surface area contributed by atoms with E-state index in [4.69, 9.17) is 0 Å². The molecule has 5 nitrogen and oxygen atoms in total. The number of amides is 2. The Bertz CT molecular complexity index is 690. The van der Waals surface area contributed by atoms with Crippen molar-refractivity contribution in [2.45, 2.75) is 46.2 Å². The number of carbonyl (C=O) groups is 2. The van der Waals surface area contributed by atoms with Crippen LogP contribution in [0, 0.1) is 5.92 Å². The molecule has 5 heteroatoms. The molecule has 0 saturated heterocycles. The van der Waals surface area contributed by atoms with Crippen molar-refractivity contribution < 1.29 is 9.59 Å². The number of carbonyl (C=O) groups excluding carboxylic acids is 2. The summed E-state index contributed by atoms with van der Waals surface area (Å²) in [7, 11) is 0. The van der Waals surface area contributed by atoms with Gasteiger partial charge in [0, 0.05) is 36.5 Å². The lowest BCUT2D eigenvalue weighted by molar-refractivity contribution is -0.128. The van der Waals surface area contributed by atoms with E-state index in [-0.39, 0.29) is 17.9 Å². The maximum atomic E-state index is 12.5. The van der Waals surface area contributed by atoms with Gasteiger partial charge in [0.05, 0.1) is 0 Å². The minimum atomic E-state index is -0.576. The van der Waals surface area contributed by atoms with E-state index in [1.165, 1.54) is 6.92 Å². The van der Waals surface area contributed by atoms with Gasteiger partial charge in [0.15, 0.2) is 0 Å². The molecular formula is C18H25N3O2. The van der Waals surface area contributed by atoms with Gasteiger partial charge in [0.2, 0.25) is 11.8 Å². The van der Waals surface area contributed by atoms with Crippen LogP contribution in [0.5, 0.6) is 0 Å². The number of aromatic amines is 1. The van der Waals surface area contributed by atoms with Crippen LogP contribution in [0.15, 0.2) is 30.5 Å². The van der Waals surface area contributed by atoms with Gasteiger partial charge in [0.1, 0.15) is 6.04 Å². The predicted octanol–water partition coefficient (Wildman–Crippen LogP) is 2.38. The second-order valence-electron chi connectivity index (χ2n) is 6.36. The minimum absolute atomic E-state index is 0.0572. The van der Waals surface area contributed by atoms with E-state index in [2.05, 4.69) is 29.5 Å². The Hall–Kier alpha value is -2.30. The molecule has 0 radical (unpaired) electrons. The summed E-state index contributed by atoms with van der Waals surface area (Å²) in [4.78, 5) is 27.2. The fourth-order valence-electron chi connectivity index (χ4n) is 2.47. The second kappa shape index (κ2) is 7.31. The summed E-state index contributed by atoms with van der Waals surface area (Å²) in [6.45, 7) is 7.51. The molecule has 2 rings (SSSR count). The van der Waals surface area contributed by atoms with Crippen molar-refractivity contribution in [3.05, 3.63) is 36.0 Å². The molecule has 1 aromatic heterocycles. The Balaban J connectivity index is 2.18. The highest BCUT2D eigenvalue weighted by Gasteiger charge is 2.23. The van der Waals surface area contributed by atoms with Gasteiger partial charge >= 0.3 is 0 Å². The number of benzene rings is 1. The van der Waals surface area contributed by atoms with Gasteiger partial charge in [0.25, 0.3) is 0 Å². The quantitative estimate of drug-likeness (QED) is 0.765. The maximum absolute atomic E-state index is 12.5. The van der Waals surface area contributed by atoms with Gasteiger partial charge in [-0.15, -0.1) is 0 Å². The summed E-state index contributed by atoms with van der Waals surface area (Å²) >= 11 is 0. The van der Waals surface area contributed by atoms with Gasteiger partial charge < -0.3 is 15.6 Å². The summed E-state index contributed by atoms with van der Waals surface area (Å²) in [5.74, 6) is -0.0149. The molecular weight excluding hydrogens is 290 g/mol. The first kappa shape index (κ1) is 17.1. The Morgan fingerprint density at radius 2 is 1.83 bits per heavy atom. The molecule has 2 amide bonds. The molecule has 1 aromatic carbocycles. The molecule has 0 aliphatic heterocycles. The Kier molecular flexibility index (Phi) is 5.42. The number of aromatic nitrogens is 1. The van der Waals surface area contributed by atoms with E-state index >= 15 is 0 Å². The van der Waals surface area contributed by atoms with Crippen molar-refractivity contribution in [2.75, 3.05) is 0 Å². The topological polar surface area (TPSA) is 74.0 Å². The van der Waals surface area contributed by atoms with E-state index in [9.17, 15) is 9.59 Å². The van der Waals surface area contributed by atoms with Crippen molar-refractivity contribution >= 4 is 22.7 Å². The number of hydrogen-bond donors (Lipinski definition) is 3. The third kappa shape index (κ3) is 4.34. The molecule has 2 aromatic rings. The first-order chi connectivity index (χ1) is 10.9. The fourth-order valence-corrected chi connectivity index (χ4v) is 2.47. The van der Waals surface area contributed by atoms with Gasteiger partial charge in [-0.25, -0.2) is 0 Å². The zero-order valence-electron chi connectivity index (χ0n) is 14.1. The number of para-hydroxylation sites is 1. The van der Waals surface area contributed by atoms with Crippen LogP contribution in [0.1, 0.15) is 33.3 Å². The minimum Gasteiger partial charge on any atom is -0.361 e. The highest BCUT2D eigenvalue weighted by Crippen LogP contribution is 2.19. The normalized spacial score (nSPS) is 13.8. The van der Waals surface area contributed by atoms with Crippen molar-refractivity contribution in [1.82, 2.24) is 15.6 Å². The molecule has 0 spiro atoms. The van der Waals surface area contributed by atoms with Crippen LogP contribution < -0.4 is 10.6 Å². The lowest BCUT2D eigenvalue weighted by Crippen LogP contribution is -2.50. The third-order valence-corrected chi connectivity index (χ3v) is 4.16. The van der Waals surface area contributed by atoms with Gasteiger partial charge in [-0.3, -0.25) is 9.59 Å². The molecule has 2 atom stereocenters. The van der Waals surface area contributed by atoms with Gasteiger partial charge in [-0.05, 0) is 24.5 Å². The van der Waals surface area contributed by atoms with Crippen molar-refractivity contribution in [3.8, 4) is 0 Å². The SMILES string of the molecule is CC(=O)NC(Cc1c[nH]c2ccccc12)C(=O)NC(C)C(C)C. The Morgan fingerprint density at radius 3 is 2.48 bits per heavy atom. The first-order valence-corrected chi connectivity index (χ1v) is 8.01. The third-order valence-electron chi connectivity index (χ3n) is 4.16. The highest BCUT2D eigenvalue weighted by molar-refractivity contribution is 5.89. The summed E-state index contributed by atoms with van der Waals surface area (Å²) in [5, 5.41) is 6.82. The number of hydrogen-bond acceptors (Lipinski definition) is 2. The molecule has 0 aliphatic rings. The van der Waals surface area contributed by atoms with Crippen molar-refractivity contribution in [1.29, 1.82) is 0 Å². The highest BCUT2D eigenvalue weighted by atomic mass is 16.2. The van der Waals surface area contributed by atoms with E-state index in [0.29, 0.717) is 12.3 Å². The lowest BCUT2D eigenvalue weighted by Gasteiger charge is -2.22. The lowest BCUT2D eigenvalue weighted by atomic mass is 10.0. The van der Waals surface area contributed by atoms with Crippen molar-refractivity contribution in [3.63, 3.8) is 0 Å². The second-order valence-corrected chi connectivity index (χ2v) is 6.36. The Morgan fingerprint density at radius 1 is 1.13 bits per heavy atom. The monoisotopic (exact) mass is 315 g/mol. The average Bonchev–Trinajstić information content (AvgIpc) is 2.89. The van der Waals surface area contributed by atoms with E-state index in [1.807, 2.05) is 37.4 Å². The smallest absolute Gasteiger partial charge is 0.243 e. The van der Waals surface area contributed by atoms with E-state index in [0.717, 1.165) is 16.5 Å². The van der Waals surface area contributed by atoms with Gasteiger partial charge in [-0.2, -0.15) is 0 Å². The first-order valence-electron chi connectivity index (χ1n) is 8.01. The van der Waals surface area contributed by atoms with E-state index in [1.54, 1.807) is 0 Å². The van der Waals surface area contributed by atoms with Crippen LogP contribution in [-0.4, -0.2) is 28.9 Å². The maximum Gasteiger partial charge on any atom is 0.243 e. The van der Waals surface area contributed by atoms with Crippen LogP contribution in [0.2, 0.25) is 0 Å². The fraction of sp³-hybridized carbons (Fsp3) is 0.444. The zero-order chi connectivity index (χ0) is 17.0. The molecule has 3 N–H and O–H groups in total. The van der Waals surface area contributed by atoms with Crippen LogP contribution in [0.25, 0.3) is 10.9 Å². The summed E-state index contributed by atoms with van der Waals surface area (Å²) in [5.41, 5.74) is 2.05. The summed E-state index contributed by atoms with van der Waals surface area (Å²) in [6.07, 6.45) is 2.36. The van der Waals surface area contributed by atoms with Crippen molar-refractivity contribution in [2.24, 2.45) is 5.92 Å². The number of rotatable bonds is 6. The molecule has 0 fully saturated rings. The largest absolute Gasteiger partial charge is 0.361 e. The number of nitrogens with one attached hydrogen (secondary N) is 3. The average molecular weight is 315 g/mol. The van der Waals surface area contributed by atoms with E-state index < -0.39 is 6.04 Å². The van der Waals surface area contributed by atoms with Crippen LogP contribution in [0.4, 0.5) is 0 Å². The molecule has 0 bridgehead atoms. The number of fused-ring (bicyclic) bond motifs is 1. The number of H-pyrrole nitrogens is 1. The molecule has 124 valence electrons. The molecule has 2 unspecified atom stereocenters. The summed E-state index contributed by atoms with van der Waals surface area (Å²) in [6, 6.07) is 7.42. The summed E-state index contributed by atoms with van der Waals surface area (Å²) < 4.78 is 0. The van der Waals surface area contributed by atoms with Crippen LogP contribution >= 0.6 is 0 Å². The zero-order valence-corrected chi connectivity index (χ0v) is 14.1. The Labute approximate surface area is 136 Å². The predicted molar refractivity (Wildman–Crippen MR) is 92.1 cm³/mol. The molecule has 0 saturated carbocycles. The van der Waals surface area contributed by atoms with Gasteiger partial charge in [-0.1, -0.05) is 32.0 Å². The van der Waals surface area contributed by atoms with Crippen LogP contribution in [-0.2, 0) is 16.0 Å².